The van der Waals surface area contributed by atoms with Crippen molar-refractivity contribution in [3.8, 4) is 62.9 Å². The summed E-state index contributed by atoms with van der Waals surface area (Å²) < 4.78 is 7.93. The van der Waals surface area contributed by atoms with Gasteiger partial charge in [-0.15, -0.1) is 0 Å². The van der Waals surface area contributed by atoms with Gasteiger partial charge in [-0.05, 0) is 75.6 Å². The van der Waals surface area contributed by atoms with E-state index >= 15 is 0 Å². The maximum Gasteiger partial charge on any atom is 0.167 e. The van der Waals surface area contributed by atoms with Gasteiger partial charge < -0.3 is 29.7 Å². The molecule has 0 aliphatic heterocycles. The van der Waals surface area contributed by atoms with Gasteiger partial charge in [0, 0.05) is 39.8 Å². The summed E-state index contributed by atoms with van der Waals surface area (Å²) >= 11 is 0. The first-order chi connectivity index (χ1) is 21.1. The second kappa shape index (κ2) is 12.4. The third kappa shape index (κ3) is 5.50. The largest absolute Gasteiger partial charge is 0.508 e. The van der Waals surface area contributed by atoms with Gasteiger partial charge in [-0.25, -0.2) is 15.0 Å². The molecule has 0 spiro atoms. The standard InChI is InChI=1S/C35H40N4O5/c1-7-9-10-22(8-2)18-39-21(5)30(26-17-23(44-6)11-14-27(26)39)35-37-33(24-12-15-28(40)19(3)31(24)42)36-34(38-35)25-13-16-29(41)20(4)32(25)43/h11-17,22,40-43H,7-10,18H2,1-6H3. The van der Waals surface area contributed by atoms with Crippen molar-refractivity contribution < 1.29 is 25.2 Å². The number of hydrogen-bond acceptors (Lipinski definition) is 8. The van der Waals surface area contributed by atoms with E-state index in [1.54, 1.807) is 33.1 Å². The maximum absolute atomic E-state index is 11.0. The van der Waals surface area contributed by atoms with Gasteiger partial charge in [-0.1, -0.05) is 33.1 Å². The lowest BCUT2D eigenvalue weighted by molar-refractivity contribution is 0.393. The third-order valence-corrected chi connectivity index (χ3v) is 8.66. The Bertz CT molecular complexity index is 1770. The summed E-state index contributed by atoms with van der Waals surface area (Å²) in [4.78, 5) is 14.4. The lowest BCUT2D eigenvalue weighted by Crippen LogP contribution is -2.11. The van der Waals surface area contributed by atoms with Crippen molar-refractivity contribution in [2.24, 2.45) is 5.92 Å². The fourth-order valence-electron chi connectivity index (χ4n) is 5.75. The monoisotopic (exact) mass is 596 g/mol. The second-order valence-electron chi connectivity index (χ2n) is 11.4. The fraction of sp³-hybridized carbons (Fsp3) is 0.343. The first-order valence-electron chi connectivity index (χ1n) is 15.1. The fourth-order valence-corrected chi connectivity index (χ4v) is 5.75. The van der Waals surface area contributed by atoms with Gasteiger partial charge in [0.05, 0.1) is 18.2 Å². The molecule has 5 rings (SSSR count). The average molecular weight is 597 g/mol. The number of phenolic OH excluding ortho intramolecular Hbond substituents is 4. The van der Waals surface area contributed by atoms with E-state index in [1.165, 1.54) is 18.6 Å². The maximum atomic E-state index is 11.0. The lowest BCUT2D eigenvalue weighted by Gasteiger charge is -2.18. The van der Waals surface area contributed by atoms with Crippen LogP contribution in [0.4, 0.5) is 0 Å². The molecular weight excluding hydrogens is 556 g/mol. The zero-order valence-corrected chi connectivity index (χ0v) is 26.1. The number of nitrogens with zero attached hydrogens (tertiary/aromatic N) is 4. The highest BCUT2D eigenvalue weighted by atomic mass is 16.5. The molecule has 0 aliphatic carbocycles. The van der Waals surface area contributed by atoms with Crippen LogP contribution in [0.2, 0.25) is 0 Å². The van der Waals surface area contributed by atoms with Crippen molar-refractivity contribution in [2.45, 2.75) is 66.8 Å². The molecule has 0 saturated carbocycles. The summed E-state index contributed by atoms with van der Waals surface area (Å²) in [6, 6.07) is 12.1. The number of methoxy groups -OCH3 is 1. The van der Waals surface area contributed by atoms with E-state index < -0.39 is 0 Å². The molecule has 3 aromatic carbocycles. The highest BCUT2D eigenvalue weighted by Gasteiger charge is 2.24. The van der Waals surface area contributed by atoms with Crippen LogP contribution in [-0.4, -0.2) is 47.1 Å². The van der Waals surface area contributed by atoms with Crippen LogP contribution >= 0.6 is 0 Å². The zero-order chi connectivity index (χ0) is 31.7. The van der Waals surface area contributed by atoms with Gasteiger partial charge in [0.15, 0.2) is 17.5 Å². The molecule has 4 N–H and O–H groups in total. The molecule has 0 radical (unpaired) electrons. The van der Waals surface area contributed by atoms with Crippen molar-refractivity contribution in [1.29, 1.82) is 0 Å². The van der Waals surface area contributed by atoms with Crippen LogP contribution in [0.5, 0.6) is 28.7 Å². The number of hydrogen-bond donors (Lipinski definition) is 4. The molecule has 0 amide bonds. The number of phenols is 4. The number of ether oxygens (including phenoxy) is 1. The normalized spacial score (nSPS) is 12.1. The lowest BCUT2D eigenvalue weighted by atomic mass is 9.99. The summed E-state index contributed by atoms with van der Waals surface area (Å²) in [5.74, 6) is 1.50. The van der Waals surface area contributed by atoms with Crippen LogP contribution in [0.3, 0.4) is 0 Å². The van der Waals surface area contributed by atoms with Gasteiger partial charge in [-0.2, -0.15) is 0 Å². The van der Waals surface area contributed by atoms with Gasteiger partial charge in [-0.3, -0.25) is 0 Å². The molecule has 2 heterocycles. The van der Waals surface area contributed by atoms with Crippen LogP contribution < -0.4 is 4.74 Å². The Kier molecular flexibility index (Phi) is 8.67. The average Bonchev–Trinajstić information content (AvgIpc) is 3.30. The van der Waals surface area contributed by atoms with Crippen LogP contribution in [0.25, 0.3) is 45.1 Å². The molecule has 44 heavy (non-hydrogen) atoms. The Morgan fingerprint density at radius 1 is 0.773 bits per heavy atom. The van der Waals surface area contributed by atoms with Crippen LogP contribution in [-0.2, 0) is 6.54 Å². The zero-order valence-electron chi connectivity index (χ0n) is 26.1. The van der Waals surface area contributed by atoms with Gasteiger partial charge in [0.1, 0.15) is 28.7 Å². The van der Waals surface area contributed by atoms with E-state index in [0.717, 1.165) is 48.0 Å². The molecule has 0 saturated heterocycles. The van der Waals surface area contributed by atoms with Crippen LogP contribution in [0, 0.1) is 26.7 Å². The summed E-state index contributed by atoms with van der Waals surface area (Å²) in [5.41, 5.74) is 4.01. The van der Waals surface area contributed by atoms with Crippen molar-refractivity contribution in [1.82, 2.24) is 19.5 Å². The molecule has 0 aliphatic rings. The molecule has 5 aromatic rings. The SMILES string of the molecule is CCCCC(CC)Cn1c(C)c(-c2nc(-c3ccc(O)c(C)c3O)nc(-c3ccc(O)c(C)c3O)n2)c2cc(OC)ccc21. The molecule has 9 nitrogen and oxygen atoms in total. The Morgan fingerprint density at radius 2 is 1.34 bits per heavy atom. The van der Waals surface area contributed by atoms with E-state index in [9.17, 15) is 20.4 Å². The van der Waals surface area contributed by atoms with Crippen LogP contribution in [0.15, 0.2) is 42.5 Å². The first kappa shape index (κ1) is 30.7. The molecule has 230 valence electrons. The first-order valence-corrected chi connectivity index (χ1v) is 15.1. The van der Waals surface area contributed by atoms with E-state index in [1.807, 2.05) is 12.1 Å². The molecule has 1 atom stereocenters. The predicted octanol–water partition coefficient (Wildman–Crippen LogP) is 7.80. The Labute approximate surface area is 257 Å². The van der Waals surface area contributed by atoms with Crippen molar-refractivity contribution in [3.05, 3.63) is 59.3 Å². The minimum absolute atomic E-state index is 0.0490. The minimum atomic E-state index is -0.151. The van der Waals surface area contributed by atoms with E-state index in [0.29, 0.717) is 39.7 Å². The van der Waals surface area contributed by atoms with Gasteiger partial charge >= 0.3 is 0 Å². The van der Waals surface area contributed by atoms with Gasteiger partial charge in [0.25, 0.3) is 0 Å². The highest BCUT2D eigenvalue weighted by Crippen LogP contribution is 2.41. The third-order valence-electron chi connectivity index (χ3n) is 8.66. The molecule has 0 fully saturated rings. The van der Waals surface area contributed by atoms with E-state index in [4.69, 9.17) is 14.7 Å². The summed E-state index contributed by atoms with van der Waals surface area (Å²) in [6.45, 7) is 10.6. The number of fused-ring (bicyclic) bond motifs is 1. The molecule has 0 bridgehead atoms. The predicted molar refractivity (Wildman–Crippen MR) is 172 cm³/mol. The Balaban J connectivity index is 1.81. The van der Waals surface area contributed by atoms with E-state index in [2.05, 4.69) is 36.4 Å². The highest BCUT2D eigenvalue weighted by molar-refractivity contribution is 5.97. The quantitative estimate of drug-likeness (QED) is 0.128. The number of rotatable bonds is 10. The second-order valence-corrected chi connectivity index (χ2v) is 11.4. The summed E-state index contributed by atoms with van der Waals surface area (Å²) in [5, 5.41) is 43.4. The summed E-state index contributed by atoms with van der Waals surface area (Å²) in [6.07, 6.45) is 4.51. The van der Waals surface area contributed by atoms with Crippen molar-refractivity contribution >= 4 is 10.9 Å². The van der Waals surface area contributed by atoms with Crippen molar-refractivity contribution in [3.63, 3.8) is 0 Å². The molecule has 2 aromatic heterocycles. The van der Waals surface area contributed by atoms with Gasteiger partial charge in [0.2, 0.25) is 0 Å². The number of aromatic nitrogens is 4. The molecule has 9 heteroatoms. The topological polar surface area (TPSA) is 134 Å². The number of unbranched alkanes of at least 4 members (excludes halogenated alkanes) is 1. The summed E-state index contributed by atoms with van der Waals surface area (Å²) in [7, 11) is 1.63. The smallest absolute Gasteiger partial charge is 0.167 e. The molecular formula is C35H40N4O5. The van der Waals surface area contributed by atoms with E-state index in [-0.39, 0.29) is 34.6 Å². The number of benzene rings is 3. The molecule has 1 unspecified atom stereocenters. The minimum Gasteiger partial charge on any atom is -0.508 e. The Hall–Kier alpha value is -4.79. The van der Waals surface area contributed by atoms with Crippen LogP contribution in [0.1, 0.15) is 56.4 Å². The van der Waals surface area contributed by atoms with Crippen molar-refractivity contribution in [2.75, 3.05) is 7.11 Å². The number of aromatic hydroxyl groups is 4. The Morgan fingerprint density at radius 3 is 1.86 bits per heavy atom.